The van der Waals surface area contributed by atoms with Crippen LogP contribution < -0.4 is 4.74 Å². The first kappa shape index (κ1) is 10.8. The number of hydrogen-bond donors (Lipinski definition) is 1. The summed E-state index contributed by atoms with van der Waals surface area (Å²) in [6.45, 7) is 0. The molecule has 0 saturated carbocycles. The Hall–Kier alpha value is -2.28. The molecule has 0 saturated heterocycles. The lowest BCUT2D eigenvalue weighted by Gasteiger charge is -1.98. The van der Waals surface area contributed by atoms with Crippen molar-refractivity contribution in [2.45, 2.75) is 0 Å². The molecule has 18 heavy (non-hydrogen) atoms. The van der Waals surface area contributed by atoms with E-state index in [0.29, 0.717) is 11.1 Å². The molecule has 0 amide bonds. The van der Waals surface area contributed by atoms with Gasteiger partial charge in [0.15, 0.2) is 0 Å². The van der Waals surface area contributed by atoms with Crippen LogP contribution in [0.2, 0.25) is 0 Å². The van der Waals surface area contributed by atoms with Gasteiger partial charge in [0.25, 0.3) is 5.19 Å². The predicted octanol–water partition coefficient (Wildman–Crippen LogP) is 2.86. The molecular weight excluding hydrogens is 255 g/mol. The monoisotopic (exact) mass is 262 g/mol. The van der Waals surface area contributed by atoms with Gasteiger partial charge in [0.2, 0.25) is 5.88 Å². The second kappa shape index (κ2) is 4.53. The fourth-order valence-electron chi connectivity index (χ4n) is 1.34. The molecule has 3 aromatic heterocycles. The van der Waals surface area contributed by atoms with E-state index in [2.05, 4.69) is 20.2 Å². The predicted molar refractivity (Wildman–Crippen MR) is 64.0 cm³/mol. The maximum Gasteiger partial charge on any atom is 0.280 e. The van der Waals surface area contributed by atoms with Crippen molar-refractivity contribution < 1.29 is 9.13 Å². The summed E-state index contributed by atoms with van der Waals surface area (Å²) in [5.74, 6) is -0.0925. The Balaban J connectivity index is 1.80. The third kappa shape index (κ3) is 2.21. The molecule has 3 aromatic rings. The third-order valence-corrected chi connectivity index (χ3v) is 2.89. The molecule has 3 heterocycles. The lowest BCUT2D eigenvalue weighted by atomic mass is 10.3. The van der Waals surface area contributed by atoms with E-state index < -0.39 is 5.82 Å². The first-order valence-corrected chi connectivity index (χ1v) is 5.93. The summed E-state index contributed by atoms with van der Waals surface area (Å²) < 4.78 is 18.1. The molecule has 90 valence electrons. The summed E-state index contributed by atoms with van der Waals surface area (Å²) in [5, 5.41) is 8.86. The van der Waals surface area contributed by atoms with Crippen molar-refractivity contribution >= 4 is 11.3 Å². The molecule has 0 spiro atoms. The standard InChI is InChI=1S/C11H7FN4OS/c12-8-1-2-10(13-5-8)17-11-16-9(6-18-11)7-3-14-15-4-7/h1-6H,(H,14,15). The Kier molecular flexibility index (Phi) is 2.73. The van der Waals surface area contributed by atoms with Crippen LogP contribution in [0, 0.1) is 5.82 Å². The van der Waals surface area contributed by atoms with Crippen LogP contribution >= 0.6 is 11.3 Å². The maximum absolute atomic E-state index is 12.7. The van der Waals surface area contributed by atoms with Crippen molar-refractivity contribution in [1.82, 2.24) is 20.2 Å². The van der Waals surface area contributed by atoms with E-state index >= 15 is 0 Å². The van der Waals surface area contributed by atoms with Gasteiger partial charge in [-0.1, -0.05) is 11.3 Å². The number of rotatable bonds is 3. The summed E-state index contributed by atoms with van der Waals surface area (Å²) >= 11 is 1.34. The highest BCUT2D eigenvalue weighted by molar-refractivity contribution is 7.11. The van der Waals surface area contributed by atoms with Crippen molar-refractivity contribution in [3.05, 3.63) is 41.9 Å². The highest BCUT2D eigenvalue weighted by atomic mass is 32.1. The van der Waals surface area contributed by atoms with E-state index in [9.17, 15) is 4.39 Å². The first-order valence-electron chi connectivity index (χ1n) is 5.05. The maximum atomic E-state index is 12.7. The minimum atomic E-state index is -0.402. The van der Waals surface area contributed by atoms with Crippen molar-refractivity contribution in [3.63, 3.8) is 0 Å². The Labute approximate surface area is 105 Å². The van der Waals surface area contributed by atoms with E-state index in [1.54, 1.807) is 12.4 Å². The second-order valence-electron chi connectivity index (χ2n) is 3.40. The van der Waals surface area contributed by atoms with Gasteiger partial charge in [0.1, 0.15) is 5.82 Å². The molecule has 0 radical (unpaired) electrons. The largest absolute Gasteiger partial charge is 0.412 e. The lowest BCUT2D eigenvalue weighted by Crippen LogP contribution is -1.87. The fourth-order valence-corrected chi connectivity index (χ4v) is 2.03. The number of thiazole rings is 1. The van der Waals surface area contributed by atoms with Crippen LogP contribution in [0.3, 0.4) is 0 Å². The number of nitrogens with zero attached hydrogens (tertiary/aromatic N) is 3. The van der Waals surface area contributed by atoms with Crippen LogP contribution in [0.4, 0.5) is 4.39 Å². The van der Waals surface area contributed by atoms with Gasteiger partial charge in [0.05, 0.1) is 18.1 Å². The molecule has 7 heteroatoms. The molecule has 0 atom stereocenters. The fraction of sp³-hybridized carbons (Fsp3) is 0. The average Bonchev–Trinajstić information content (AvgIpc) is 3.02. The zero-order valence-electron chi connectivity index (χ0n) is 9.00. The molecule has 0 aliphatic rings. The van der Waals surface area contributed by atoms with Gasteiger partial charge in [-0.2, -0.15) is 5.10 Å². The van der Waals surface area contributed by atoms with Crippen LogP contribution in [-0.2, 0) is 0 Å². The van der Waals surface area contributed by atoms with Crippen molar-refractivity contribution in [2.75, 3.05) is 0 Å². The molecule has 0 aliphatic heterocycles. The number of halogens is 1. The topological polar surface area (TPSA) is 63.7 Å². The van der Waals surface area contributed by atoms with Crippen LogP contribution in [0.25, 0.3) is 11.3 Å². The Morgan fingerprint density at radius 1 is 1.28 bits per heavy atom. The number of hydrogen-bond acceptors (Lipinski definition) is 5. The minimum Gasteiger partial charge on any atom is -0.412 e. The summed E-state index contributed by atoms with van der Waals surface area (Å²) in [6.07, 6.45) is 4.52. The number of ether oxygens (including phenoxy) is 1. The van der Waals surface area contributed by atoms with E-state index in [-0.39, 0.29) is 0 Å². The highest BCUT2D eigenvalue weighted by Gasteiger charge is 2.07. The molecule has 0 bridgehead atoms. The van der Waals surface area contributed by atoms with E-state index in [1.807, 2.05) is 5.38 Å². The Morgan fingerprint density at radius 3 is 2.94 bits per heavy atom. The van der Waals surface area contributed by atoms with Crippen molar-refractivity contribution in [1.29, 1.82) is 0 Å². The van der Waals surface area contributed by atoms with E-state index in [4.69, 9.17) is 4.74 Å². The first-order chi connectivity index (χ1) is 8.81. The number of pyridine rings is 1. The molecule has 0 fully saturated rings. The molecular formula is C11H7FN4OS. The van der Waals surface area contributed by atoms with E-state index in [1.165, 1.54) is 23.5 Å². The average molecular weight is 262 g/mol. The third-order valence-electron chi connectivity index (χ3n) is 2.17. The quantitative estimate of drug-likeness (QED) is 0.788. The van der Waals surface area contributed by atoms with Gasteiger partial charge in [-0.05, 0) is 6.07 Å². The van der Waals surface area contributed by atoms with Crippen molar-refractivity contribution in [2.24, 2.45) is 0 Å². The molecule has 0 unspecified atom stereocenters. The van der Waals surface area contributed by atoms with Crippen LogP contribution in [0.1, 0.15) is 0 Å². The van der Waals surface area contributed by atoms with Crippen LogP contribution in [0.5, 0.6) is 11.1 Å². The van der Waals surface area contributed by atoms with E-state index in [0.717, 1.165) is 17.5 Å². The number of H-pyrrole nitrogens is 1. The minimum absolute atomic E-state index is 0.310. The molecule has 5 nitrogen and oxygen atoms in total. The van der Waals surface area contributed by atoms with Crippen LogP contribution in [0.15, 0.2) is 36.1 Å². The second-order valence-corrected chi connectivity index (χ2v) is 4.22. The number of nitrogens with one attached hydrogen (secondary N) is 1. The SMILES string of the molecule is Fc1ccc(Oc2nc(-c3cn[nH]c3)cs2)nc1. The molecule has 1 N–H and O–H groups in total. The van der Waals surface area contributed by atoms with Gasteiger partial charge in [0, 0.05) is 23.2 Å². The van der Waals surface area contributed by atoms with Crippen LogP contribution in [-0.4, -0.2) is 20.2 Å². The summed E-state index contributed by atoms with van der Waals surface area (Å²) in [4.78, 5) is 8.07. The van der Waals surface area contributed by atoms with Gasteiger partial charge in [-0.15, -0.1) is 0 Å². The van der Waals surface area contributed by atoms with Gasteiger partial charge in [-0.3, -0.25) is 5.10 Å². The lowest BCUT2D eigenvalue weighted by molar-refractivity contribution is 0.456. The molecule has 0 aromatic carbocycles. The molecule has 0 aliphatic carbocycles. The summed E-state index contributed by atoms with van der Waals surface area (Å²) in [7, 11) is 0. The van der Waals surface area contributed by atoms with Gasteiger partial charge < -0.3 is 4.74 Å². The zero-order valence-corrected chi connectivity index (χ0v) is 9.82. The van der Waals surface area contributed by atoms with Gasteiger partial charge >= 0.3 is 0 Å². The number of aromatic amines is 1. The van der Waals surface area contributed by atoms with Crippen molar-refractivity contribution in [3.8, 4) is 22.3 Å². The highest BCUT2D eigenvalue weighted by Crippen LogP contribution is 2.28. The zero-order chi connectivity index (χ0) is 12.4. The number of aromatic nitrogens is 4. The van der Waals surface area contributed by atoms with Gasteiger partial charge in [-0.25, -0.2) is 14.4 Å². The molecule has 3 rings (SSSR count). The summed E-state index contributed by atoms with van der Waals surface area (Å²) in [5.41, 5.74) is 1.65. The normalized spacial score (nSPS) is 10.5. The Morgan fingerprint density at radius 2 is 2.22 bits per heavy atom. The smallest absolute Gasteiger partial charge is 0.280 e. The summed E-state index contributed by atoms with van der Waals surface area (Å²) in [6, 6.07) is 2.74. The Bertz CT molecular complexity index is 635.